The fourth-order valence-electron chi connectivity index (χ4n) is 1.98. The molecule has 17 heavy (non-hydrogen) atoms. The first-order valence-electron chi connectivity index (χ1n) is 6.44. The molecule has 0 amide bonds. The van der Waals surface area contributed by atoms with Gasteiger partial charge < -0.3 is 10.1 Å². The van der Waals surface area contributed by atoms with Gasteiger partial charge >= 0.3 is 0 Å². The molecule has 1 aliphatic carbocycles. The van der Waals surface area contributed by atoms with Gasteiger partial charge in [0.1, 0.15) is 12.4 Å². The lowest BCUT2D eigenvalue weighted by Crippen LogP contribution is -2.25. The van der Waals surface area contributed by atoms with E-state index >= 15 is 0 Å². The van der Waals surface area contributed by atoms with Crippen LogP contribution in [0.15, 0.2) is 28.7 Å². The summed E-state index contributed by atoms with van der Waals surface area (Å²) in [5, 5.41) is 3.43. The summed E-state index contributed by atoms with van der Waals surface area (Å²) in [6.45, 7) is 2.81. The van der Waals surface area contributed by atoms with E-state index in [0.29, 0.717) is 0 Å². The highest BCUT2D eigenvalue weighted by molar-refractivity contribution is 9.10. The van der Waals surface area contributed by atoms with Gasteiger partial charge in [0.05, 0.1) is 0 Å². The molecule has 1 aromatic rings. The van der Waals surface area contributed by atoms with Crippen molar-refractivity contribution in [1.82, 2.24) is 5.32 Å². The maximum atomic E-state index is 5.63. The Hall–Kier alpha value is -0.540. The van der Waals surface area contributed by atoms with Gasteiger partial charge in [0.15, 0.2) is 0 Å². The van der Waals surface area contributed by atoms with Crippen molar-refractivity contribution in [2.45, 2.75) is 25.7 Å². The molecule has 0 spiro atoms. The lowest BCUT2D eigenvalue weighted by molar-refractivity contribution is 0.280. The zero-order valence-electron chi connectivity index (χ0n) is 10.1. The standard InChI is InChI=1S/C14H20BrNO/c15-13-4-6-14(7-5-13)17-11-10-16-9-8-12-2-1-3-12/h4-7,12,16H,1-3,8-11H2. The van der Waals surface area contributed by atoms with Crippen molar-refractivity contribution in [2.24, 2.45) is 5.92 Å². The second-order valence-corrected chi connectivity index (χ2v) is 5.55. The summed E-state index contributed by atoms with van der Waals surface area (Å²) < 4.78 is 6.71. The maximum absolute atomic E-state index is 5.63. The summed E-state index contributed by atoms with van der Waals surface area (Å²) in [5.74, 6) is 1.93. The van der Waals surface area contributed by atoms with E-state index in [-0.39, 0.29) is 0 Å². The average Bonchev–Trinajstić information content (AvgIpc) is 2.28. The molecule has 94 valence electrons. The van der Waals surface area contributed by atoms with Crippen molar-refractivity contribution in [3.05, 3.63) is 28.7 Å². The Balaban J connectivity index is 1.49. The Morgan fingerprint density at radius 3 is 2.59 bits per heavy atom. The van der Waals surface area contributed by atoms with E-state index < -0.39 is 0 Å². The number of nitrogens with one attached hydrogen (secondary N) is 1. The van der Waals surface area contributed by atoms with Gasteiger partial charge in [-0.1, -0.05) is 35.2 Å². The minimum atomic E-state index is 0.742. The molecule has 1 aromatic carbocycles. The zero-order valence-corrected chi connectivity index (χ0v) is 11.7. The summed E-state index contributed by atoms with van der Waals surface area (Å²) >= 11 is 3.41. The summed E-state index contributed by atoms with van der Waals surface area (Å²) in [4.78, 5) is 0. The minimum absolute atomic E-state index is 0.742. The van der Waals surface area contributed by atoms with Crippen LogP contribution in [0.4, 0.5) is 0 Å². The van der Waals surface area contributed by atoms with E-state index in [1.807, 2.05) is 24.3 Å². The van der Waals surface area contributed by atoms with Gasteiger partial charge in [-0.25, -0.2) is 0 Å². The van der Waals surface area contributed by atoms with Crippen molar-refractivity contribution in [2.75, 3.05) is 19.7 Å². The number of hydrogen-bond acceptors (Lipinski definition) is 2. The average molecular weight is 298 g/mol. The van der Waals surface area contributed by atoms with E-state index in [0.717, 1.165) is 35.8 Å². The van der Waals surface area contributed by atoms with Crippen LogP contribution >= 0.6 is 15.9 Å². The Morgan fingerprint density at radius 1 is 1.18 bits per heavy atom. The van der Waals surface area contributed by atoms with Crippen LogP contribution in [0.5, 0.6) is 5.75 Å². The van der Waals surface area contributed by atoms with Gasteiger partial charge in [-0.05, 0) is 43.1 Å². The van der Waals surface area contributed by atoms with Gasteiger partial charge in [0.2, 0.25) is 0 Å². The minimum Gasteiger partial charge on any atom is -0.492 e. The smallest absolute Gasteiger partial charge is 0.119 e. The number of ether oxygens (including phenoxy) is 1. The number of halogens is 1. The topological polar surface area (TPSA) is 21.3 Å². The molecule has 0 aliphatic heterocycles. The molecule has 0 bridgehead atoms. The molecular weight excluding hydrogens is 278 g/mol. The van der Waals surface area contributed by atoms with Gasteiger partial charge in [-0.2, -0.15) is 0 Å². The lowest BCUT2D eigenvalue weighted by Gasteiger charge is -2.25. The Morgan fingerprint density at radius 2 is 1.94 bits per heavy atom. The number of hydrogen-bond donors (Lipinski definition) is 1. The maximum Gasteiger partial charge on any atom is 0.119 e. The fraction of sp³-hybridized carbons (Fsp3) is 0.571. The second-order valence-electron chi connectivity index (χ2n) is 4.64. The molecule has 2 nitrogen and oxygen atoms in total. The van der Waals surface area contributed by atoms with Gasteiger partial charge in [-0.3, -0.25) is 0 Å². The fourth-order valence-corrected chi connectivity index (χ4v) is 2.25. The van der Waals surface area contributed by atoms with Crippen molar-refractivity contribution in [3.63, 3.8) is 0 Å². The van der Waals surface area contributed by atoms with Crippen LogP contribution in [-0.4, -0.2) is 19.7 Å². The lowest BCUT2D eigenvalue weighted by atomic mass is 9.83. The highest BCUT2D eigenvalue weighted by atomic mass is 79.9. The first-order chi connectivity index (χ1) is 8.34. The molecule has 1 fully saturated rings. The Bertz CT molecular complexity index is 321. The molecule has 1 aliphatic rings. The third-order valence-electron chi connectivity index (χ3n) is 3.32. The van der Waals surface area contributed by atoms with Crippen LogP contribution < -0.4 is 10.1 Å². The van der Waals surface area contributed by atoms with E-state index in [1.54, 1.807) is 0 Å². The number of rotatable bonds is 7. The first-order valence-corrected chi connectivity index (χ1v) is 7.23. The number of benzene rings is 1. The van der Waals surface area contributed by atoms with Crippen LogP contribution in [0.25, 0.3) is 0 Å². The van der Waals surface area contributed by atoms with E-state index in [2.05, 4.69) is 21.2 Å². The van der Waals surface area contributed by atoms with Crippen molar-refractivity contribution in [3.8, 4) is 5.75 Å². The normalized spacial score (nSPS) is 15.6. The molecular formula is C14H20BrNO. The third kappa shape index (κ3) is 4.68. The molecule has 2 rings (SSSR count). The Kier molecular flexibility index (Phi) is 5.33. The highest BCUT2D eigenvalue weighted by Crippen LogP contribution is 2.28. The van der Waals surface area contributed by atoms with Gasteiger partial charge in [0, 0.05) is 11.0 Å². The molecule has 3 heteroatoms. The summed E-state index contributed by atoms with van der Waals surface area (Å²) in [5.41, 5.74) is 0. The Labute approximate surface area is 112 Å². The van der Waals surface area contributed by atoms with E-state index in [4.69, 9.17) is 4.74 Å². The predicted octanol–water partition coefficient (Wildman–Crippen LogP) is 3.61. The van der Waals surface area contributed by atoms with Crippen molar-refractivity contribution in [1.29, 1.82) is 0 Å². The molecule has 0 saturated heterocycles. The van der Waals surface area contributed by atoms with Crippen molar-refractivity contribution >= 4 is 15.9 Å². The van der Waals surface area contributed by atoms with Crippen LogP contribution in [0.3, 0.4) is 0 Å². The molecule has 1 N–H and O–H groups in total. The quantitative estimate of drug-likeness (QED) is 0.777. The molecule has 0 unspecified atom stereocenters. The molecule has 0 heterocycles. The zero-order chi connectivity index (χ0) is 11.9. The van der Waals surface area contributed by atoms with Crippen LogP contribution in [0, 0.1) is 5.92 Å². The predicted molar refractivity (Wildman–Crippen MR) is 74.5 cm³/mol. The third-order valence-corrected chi connectivity index (χ3v) is 3.84. The van der Waals surface area contributed by atoms with E-state index in [9.17, 15) is 0 Å². The largest absolute Gasteiger partial charge is 0.492 e. The van der Waals surface area contributed by atoms with Crippen LogP contribution in [-0.2, 0) is 0 Å². The molecule has 0 aromatic heterocycles. The SMILES string of the molecule is Brc1ccc(OCCNCCC2CCC2)cc1. The summed E-state index contributed by atoms with van der Waals surface area (Å²) in [7, 11) is 0. The van der Waals surface area contributed by atoms with Crippen LogP contribution in [0.2, 0.25) is 0 Å². The summed E-state index contributed by atoms with van der Waals surface area (Å²) in [6, 6.07) is 7.97. The van der Waals surface area contributed by atoms with Crippen molar-refractivity contribution < 1.29 is 4.74 Å². The van der Waals surface area contributed by atoms with Gasteiger partial charge in [-0.15, -0.1) is 0 Å². The van der Waals surface area contributed by atoms with E-state index in [1.165, 1.54) is 25.7 Å². The van der Waals surface area contributed by atoms with Crippen LogP contribution in [0.1, 0.15) is 25.7 Å². The second kappa shape index (κ2) is 7.02. The molecule has 1 saturated carbocycles. The molecule has 0 atom stereocenters. The first kappa shape index (κ1) is 12.9. The highest BCUT2D eigenvalue weighted by Gasteiger charge is 2.15. The summed E-state index contributed by atoms with van der Waals surface area (Å²) in [6.07, 6.45) is 5.66. The molecule has 0 radical (unpaired) electrons. The van der Waals surface area contributed by atoms with Gasteiger partial charge in [0.25, 0.3) is 0 Å². The monoisotopic (exact) mass is 297 g/mol.